The van der Waals surface area contributed by atoms with Crippen LogP contribution in [0.25, 0.3) is 0 Å². The van der Waals surface area contributed by atoms with Crippen LogP contribution in [0.15, 0.2) is 36.4 Å². The molecule has 0 heterocycles. The predicted octanol–water partition coefficient (Wildman–Crippen LogP) is 2.72. The van der Waals surface area contributed by atoms with Gasteiger partial charge in [0, 0.05) is 0 Å². The first kappa shape index (κ1) is 13.6. The second kappa shape index (κ2) is 5.72. The van der Waals surface area contributed by atoms with Crippen LogP contribution in [-0.4, -0.2) is 24.5 Å². The van der Waals surface area contributed by atoms with Gasteiger partial charge in [-0.25, -0.2) is 0 Å². The van der Waals surface area contributed by atoms with Crippen LogP contribution >= 0.6 is 0 Å². The van der Waals surface area contributed by atoms with Crippen molar-refractivity contribution in [3.8, 4) is 5.75 Å². The number of methoxy groups -OCH3 is 1. The third-order valence-electron chi connectivity index (χ3n) is 2.17. The van der Waals surface area contributed by atoms with Crippen molar-refractivity contribution in [2.45, 2.75) is 18.7 Å². The number of ether oxygens (including phenoxy) is 1. The van der Waals surface area contributed by atoms with Gasteiger partial charge in [0.2, 0.25) is 0 Å². The molecule has 1 aromatic carbocycles. The van der Waals surface area contributed by atoms with Gasteiger partial charge in [-0.05, 0) is 24.1 Å². The Labute approximate surface area is 97.3 Å². The minimum atomic E-state index is -4.60. The van der Waals surface area contributed by atoms with E-state index in [0.717, 1.165) is 11.6 Å². The van der Waals surface area contributed by atoms with Crippen molar-refractivity contribution >= 4 is 0 Å². The van der Waals surface area contributed by atoms with Crippen LogP contribution in [0.5, 0.6) is 5.75 Å². The summed E-state index contributed by atoms with van der Waals surface area (Å²) < 4.78 is 40.8. The second-order valence-corrected chi connectivity index (χ2v) is 3.47. The van der Waals surface area contributed by atoms with E-state index in [1.807, 2.05) is 0 Å². The number of hydrogen-bond acceptors (Lipinski definition) is 2. The highest BCUT2D eigenvalue weighted by Gasteiger charge is 2.35. The Morgan fingerprint density at radius 3 is 2.35 bits per heavy atom. The van der Waals surface area contributed by atoms with Gasteiger partial charge in [-0.2, -0.15) is 13.2 Å². The molecular weight excluding hydrogens is 233 g/mol. The first-order chi connectivity index (χ1) is 7.93. The summed E-state index contributed by atoms with van der Waals surface area (Å²) >= 11 is 0. The molecule has 0 saturated heterocycles. The molecule has 5 heteroatoms. The molecule has 0 spiro atoms. The Kier molecular flexibility index (Phi) is 4.57. The van der Waals surface area contributed by atoms with Crippen LogP contribution in [0.4, 0.5) is 13.2 Å². The fourth-order valence-electron chi connectivity index (χ4n) is 1.20. The van der Waals surface area contributed by atoms with Crippen LogP contribution in [0.3, 0.4) is 0 Å². The van der Waals surface area contributed by atoms with E-state index in [2.05, 4.69) is 0 Å². The standard InChI is InChI=1S/C12H13F3O2/c1-17-10-7-5-9(6-8-10)3-2-4-11(16)12(13,14)15/h2,4-8,11,16H,3H2,1H3/b4-2+. The number of alkyl halides is 3. The quantitative estimate of drug-likeness (QED) is 0.828. The van der Waals surface area contributed by atoms with Gasteiger partial charge in [0.05, 0.1) is 7.11 Å². The van der Waals surface area contributed by atoms with Crippen LogP contribution in [0, 0.1) is 0 Å². The van der Waals surface area contributed by atoms with Crippen molar-refractivity contribution in [2.75, 3.05) is 7.11 Å². The topological polar surface area (TPSA) is 29.5 Å². The summed E-state index contributed by atoms with van der Waals surface area (Å²) in [6.07, 6.45) is -4.64. The Balaban J connectivity index is 2.52. The second-order valence-electron chi connectivity index (χ2n) is 3.47. The van der Waals surface area contributed by atoms with Crippen molar-refractivity contribution in [1.29, 1.82) is 0 Å². The number of benzene rings is 1. The van der Waals surface area contributed by atoms with Gasteiger partial charge in [0.25, 0.3) is 0 Å². The van der Waals surface area contributed by atoms with Crippen molar-refractivity contribution in [3.63, 3.8) is 0 Å². The molecule has 0 aliphatic carbocycles. The Morgan fingerprint density at radius 2 is 1.88 bits per heavy atom. The predicted molar refractivity (Wildman–Crippen MR) is 57.9 cm³/mol. The highest BCUT2D eigenvalue weighted by atomic mass is 19.4. The molecule has 1 aromatic rings. The van der Waals surface area contributed by atoms with Gasteiger partial charge in [-0.3, -0.25) is 0 Å². The Hall–Kier alpha value is -1.49. The lowest BCUT2D eigenvalue weighted by Gasteiger charge is -2.09. The van der Waals surface area contributed by atoms with E-state index in [9.17, 15) is 13.2 Å². The lowest BCUT2D eigenvalue weighted by molar-refractivity contribution is -0.187. The number of aliphatic hydroxyl groups is 1. The van der Waals surface area contributed by atoms with Crippen LogP contribution in [-0.2, 0) is 6.42 Å². The average Bonchev–Trinajstić information content (AvgIpc) is 2.28. The van der Waals surface area contributed by atoms with Crippen LogP contribution in [0.2, 0.25) is 0 Å². The normalized spacial score (nSPS) is 13.9. The molecule has 0 bridgehead atoms. The van der Waals surface area contributed by atoms with Gasteiger partial charge < -0.3 is 9.84 Å². The molecule has 0 fully saturated rings. The molecule has 0 aromatic heterocycles. The molecule has 0 saturated carbocycles. The summed E-state index contributed by atoms with van der Waals surface area (Å²) in [5, 5.41) is 8.71. The maximum atomic E-state index is 12.0. The van der Waals surface area contributed by atoms with Crippen molar-refractivity contribution < 1.29 is 23.0 Å². The first-order valence-electron chi connectivity index (χ1n) is 4.98. The fourth-order valence-corrected chi connectivity index (χ4v) is 1.20. The molecule has 0 aliphatic rings. The highest BCUT2D eigenvalue weighted by Crippen LogP contribution is 2.21. The summed E-state index contributed by atoms with van der Waals surface area (Å²) in [5.41, 5.74) is 0.844. The molecule has 1 N–H and O–H groups in total. The summed E-state index contributed by atoms with van der Waals surface area (Å²) in [7, 11) is 1.54. The maximum Gasteiger partial charge on any atom is 0.417 e. The average molecular weight is 246 g/mol. The zero-order valence-corrected chi connectivity index (χ0v) is 9.24. The van der Waals surface area contributed by atoms with Gasteiger partial charge in [-0.15, -0.1) is 0 Å². The Morgan fingerprint density at radius 1 is 1.29 bits per heavy atom. The van der Waals surface area contributed by atoms with Gasteiger partial charge in [-0.1, -0.05) is 24.3 Å². The monoisotopic (exact) mass is 246 g/mol. The Bertz CT molecular complexity index is 368. The molecule has 94 valence electrons. The molecule has 0 amide bonds. The van der Waals surface area contributed by atoms with Crippen molar-refractivity contribution in [1.82, 2.24) is 0 Å². The van der Waals surface area contributed by atoms with Crippen molar-refractivity contribution in [2.24, 2.45) is 0 Å². The highest BCUT2D eigenvalue weighted by molar-refractivity contribution is 5.28. The first-order valence-corrected chi connectivity index (χ1v) is 4.98. The number of aliphatic hydroxyl groups excluding tert-OH is 1. The molecule has 17 heavy (non-hydrogen) atoms. The number of allylic oxidation sites excluding steroid dienone is 1. The third-order valence-corrected chi connectivity index (χ3v) is 2.17. The number of hydrogen-bond donors (Lipinski definition) is 1. The molecule has 2 nitrogen and oxygen atoms in total. The molecule has 0 radical (unpaired) electrons. The third kappa shape index (κ3) is 4.48. The summed E-state index contributed by atoms with van der Waals surface area (Å²) in [4.78, 5) is 0. The largest absolute Gasteiger partial charge is 0.497 e. The molecule has 1 rings (SSSR count). The van der Waals surface area contributed by atoms with Crippen LogP contribution < -0.4 is 4.74 Å². The molecule has 1 atom stereocenters. The minimum Gasteiger partial charge on any atom is -0.497 e. The van der Waals surface area contributed by atoms with E-state index in [1.165, 1.54) is 13.2 Å². The summed E-state index contributed by atoms with van der Waals surface area (Å²) in [6.45, 7) is 0. The zero-order chi connectivity index (χ0) is 12.9. The van der Waals surface area contributed by atoms with E-state index < -0.39 is 12.3 Å². The summed E-state index contributed by atoms with van der Waals surface area (Å²) in [5.74, 6) is 0.688. The molecular formula is C12H13F3O2. The van der Waals surface area contributed by atoms with Gasteiger partial charge in [0.1, 0.15) is 5.75 Å². The molecule has 0 aliphatic heterocycles. The molecule has 1 unspecified atom stereocenters. The SMILES string of the molecule is COc1ccc(C/C=C/C(O)C(F)(F)F)cc1. The lowest BCUT2D eigenvalue weighted by atomic mass is 10.1. The number of rotatable bonds is 4. The number of halogens is 3. The van der Waals surface area contributed by atoms with E-state index in [-0.39, 0.29) is 0 Å². The lowest BCUT2D eigenvalue weighted by Crippen LogP contribution is -2.26. The van der Waals surface area contributed by atoms with E-state index in [4.69, 9.17) is 9.84 Å². The fraction of sp³-hybridized carbons (Fsp3) is 0.333. The maximum absolute atomic E-state index is 12.0. The van der Waals surface area contributed by atoms with E-state index in [1.54, 1.807) is 24.3 Å². The van der Waals surface area contributed by atoms with Crippen LogP contribution in [0.1, 0.15) is 5.56 Å². The van der Waals surface area contributed by atoms with Crippen molar-refractivity contribution in [3.05, 3.63) is 42.0 Å². The summed E-state index contributed by atoms with van der Waals surface area (Å²) in [6, 6.07) is 6.96. The zero-order valence-electron chi connectivity index (χ0n) is 9.24. The smallest absolute Gasteiger partial charge is 0.417 e. The van der Waals surface area contributed by atoms with E-state index >= 15 is 0 Å². The minimum absolute atomic E-state index is 0.330. The van der Waals surface area contributed by atoms with Gasteiger partial charge >= 0.3 is 6.18 Å². The van der Waals surface area contributed by atoms with E-state index in [0.29, 0.717) is 12.2 Å². The van der Waals surface area contributed by atoms with Gasteiger partial charge in [0.15, 0.2) is 6.10 Å².